The molecule has 0 radical (unpaired) electrons. The average Bonchev–Trinajstić information content (AvgIpc) is 2.80. The highest BCUT2D eigenvalue weighted by Crippen LogP contribution is 2.44. The Kier molecular flexibility index (Phi) is 3.15. The van der Waals surface area contributed by atoms with Crippen LogP contribution in [0.1, 0.15) is 17.0 Å². The third kappa shape index (κ3) is 2.02. The van der Waals surface area contributed by atoms with E-state index >= 15 is 0 Å². The molecule has 0 spiro atoms. The van der Waals surface area contributed by atoms with Gasteiger partial charge in [0.15, 0.2) is 0 Å². The van der Waals surface area contributed by atoms with Gasteiger partial charge in [-0.3, -0.25) is 0 Å². The zero-order valence-corrected chi connectivity index (χ0v) is 10.6. The summed E-state index contributed by atoms with van der Waals surface area (Å²) in [5, 5.41) is 0. The molecule has 0 bridgehead atoms. The van der Waals surface area contributed by atoms with Crippen molar-refractivity contribution in [2.75, 3.05) is 6.61 Å². The lowest BCUT2D eigenvalue weighted by molar-refractivity contribution is 0.154. The normalized spacial score (nSPS) is 12.2. The van der Waals surface area contributed by atoms with Crippen LogP contribution in [0.2, 0.25) is 0 Å². The van der Waals surface area contributed by atoms with Gasteiger partial charge < -0.3 is 4.74 Å². The van der Waals surface area contributed by atoms with Crippen molar-refractivity contribution in [1.82, 2.24) is 0 Å². The fraction of sp³-hybridized carbons (Fsp3) is 0.125. The fourth-order valence-corrected chi connectivity index (χ4v) is 2.66. The maximum Gasteiger partial charge on any atom is 0.444 e. The number of aliphatic imine (C=N–C) groups is 1. The van der Waals surface area contributed by atoms with Crippen LogP contribution in [-0.2, 0) is 9.53 Å². The molecule has 2 aromatic rings. The molecule has 0 saturated carbocycles. The predicted octanol–water partition coefficient (Wildman–Crippen LogP) is 3.27. The number of isocyanates is 1. The summed E-state index contributed by atoms with van der Waals surface area (Å²) in [6.07, 6.45) is 0.281. The molecule has 98 valence electrons. The largest absolute Gasteiger partial charge is 0.446 e. The van der Waals surface area contributed by atoms with E-state index in [0.717, 1.165) is 22.3 Å². The van der Waals surface area contributed by atoms with Gasteiger partial charge >= 0.3 is 6.09 Å². The van der Waals surface area contributed by atoms with E-state index in [2.05, 4.69) is 17.1 Å². The van der Waals surface area contributed by atoms with E-state index in [9.17, 15) is 9.59 Å². The van der Waals surface area contributed by atoms with Crippen LogP contribution < -0.4 is 0 Å². The molecule has 1 amide bonds. The van der Waals surface area contributed by atoms with E-state index in [1.54, 1.807) is 0 Å². The summed E-state index contributed by atoms with van der Waals surface area (Å²) in [5.41, 5.74) is 4.55. The average molecular weight is 265 g/mol. The molecule has 0 aromatic heterocycles. The summed E-state index contributed by atoms with van der Waals surface area (Å²) in [6, 6.07) is 16.1. The molecule has 4 nitrogen and oxygen atoms in total. The van der Waals surface area contributed by atoms with Crippen molar-refractivity contribution < 1.29 is 14.3 Å². The van der Waals surface area contributed by atoms with Crippen LogP contribution >= 0.6 is 0 Å². The molecule has 0 unspecified atom stereocenters. The molecule has 1 aliphatic rings. The highest BCUT2D eigenvalue weighted by atomic mass is 16.5. The van der Waals surface area contributed by atoms with Crippen molar-refractivity contribution in [2.24, 2.45) is 4.99 Å². The second-order valence-corrected chi connectivity index (χ2v) is 4.51. The third-order valence-corrected chi connectivity index (χ3v) is 3.47. The predicted molar refractivity (Wildman–Crippen MR) is 73.2 cm³/mol. The molecule has 3 rings (SSSR count). The number of amides is 1. The van der Waals surface area contributed by atoms with Crippen molar-refractivity contribution >= 4 is 12.2 Å². The van der Waals surface area contributed by atoms with Crippen molar-refractivity contribution in [1.29, 1.82) is 0 Å². The van der Waals surface area contributed by atoms with Gasteiger partial charge in [0, 0.05) is 5.92 Å². The van der Waals surface area contributed by atoms with Crippen LogP contribution in [0.5, 0.6) is 0 Å². The van der Waals surface area contributed by atoms with Crippen molar-refractivity contribution in [2.45, 2.75) is 5.92 Å². The molecule has 0 heterocycles. The number of carbonyl (C=O) groups is 1. The summed E-state index contributed by atoms with van der Waals surface area (Å²) in [4.78, 5) is 24.1. The first-order valence-corrected chi connectivity index (χ1v) is 6.24. The number of fused-ring (bicyclic) bond motifs is 3. The van der Waals surface area contributed by atoms with Crippen LogP contribution in [0.4, 0.5) is 4.79 Å². The van der Waals surface area contributed by atoms with Crippen LogP contribution in [0.3, 0.4) is 0 Å². The second-order valence-electron chi connectivity index (χ2n) is 4.51. The van der Waals surface area contributed by atoms with Gasteiger partial charge in [-0.1, -0.05) is 53.5 Å². The van der Waals surface area contributed by atoms with Crippen molar-refractivity contribution in [3.05, 3.63) is 59.7 Å². The zero-order valence-electron chi connectivity index (χ0n) is 10.6. The van der Waals surface area contributed by atoms with Crippen LogP contribution in [0.15, 0.2) is 53.5 Å². The lowest BCUT2D eigenvalue weighted by atomic mass is 9.98. The quantitative estimate of drug-likeness (QED) is 0.618. The Hall–Kier alpha value is -2.71. The highest BCUT2D eigenvalue weighted by molar-refractivity contribution is 5.79. The van der Waals surface area contributed by atoms with Gasteiger partial charge in [0.2, 0.25) is 6.08 Å². The van der Waals surface area contributed by atoms with Crippen LogP contribution in [-0.4, -0.2) is 18.8 Å². The Morgan fingerprint density at radius 2 is 1.60 bits per heavy atom. The number of benzene rings is 2. The molecule has 0 aliphatic heterocycles. The van der Waals surface area contributed by atoms with Gasteiger partial charge in [-0.05, 0) is 22.3 Å². The van der Waals surface area contributed by atoms with E-state index < -0.39 is 6.09 Å². The molecular formula is C16H11NO3. The number of carbonyl (C=O) groups excluding carboxylic acids is 2. The summed E-state index contributed by atoms with van der Waals surface area (Å²) in [7, 11) is 0. The molecule has 0 atom stereocenters. The number of hydrogen-bond acceptors (Lipinski definition) is 3. The molecule has 2 aromatic carbocycles. The molecular weight excluding hydrogens is 254 g/mol. The molecule has 0 saturated heterocycles. The molecule has 4 heteroatoms. The summed E-state index contributed by atoms with van der Waals surface area (Å²) in [6.45, 7) is 0.165. The first kappa shape index (κ1) is 12.3. The summed E-state index contributed by atoms with van der Waals surface area (Å²) < 4.78 is 5.01. The maximum absolute atomic E-state index is 11.2. The van der Waals surface area contributed by atoms with Crippen LogP contribution in [0.25, 0.3) is 11.1 Å². The molecule has 1 aliphatic carbocycles. The lowest BCUT2D eigenvalue weighted by Crippen LogP contribution is -2.09. The van der Waals surface area contributed by atoms with E-state index in [0.29, 0.717) is 0 Å². The third-order valence-electron chi connectivity index (χ3n) is 3.47. The highest BCUT2D eigenvalue weighted by Gasteiger charge is 2.28. The second kappa shape index (κ2) is 5.11. The Labute approximate surface area is 115 Å². The fourth-order valence-electron chi connectivity index (χ4n) is 2.66. The standard InChI is InChI=1S/C16H11NO3/c18-10-17-16(19)20-9-15-13-7-3-1-5-11(13)12-6-2-4-8-14(12)15/h1-8,15H,9H2. The van der Waals surface area contributed by atoms with E-state index in [-0.39, 0.29) is 12.5 Å². The van der Waals surface area contributed by atoms with Gasteiger partial charge in [-0.25, -0.2) is 9.59 Å². The number of rotatable bonds is 2. The minimum absolute atomic E-state index is 0.0202. The molecule has 20 heavy (non-hydrogen) atoms. The summed E-state index contributed by atoms with van der Waals surface area (Å²) in [5.74, 6) is -0.0202. The zero-order chi connectivity index (χ0) is 13.9. The van der Waals surface area contributed by atoms with E-state index in [1.165, 1.54) is 6.08 Å². The topological polar surface area (TPSA) is 55.7 Å². The van der Waals surface area contributed by atoms with Gasteiger partial charge in [0.25, 0.3) is 0 Å². The maximum atomic E-state index is 11.2. The number of hydrogen-bond donors (Lipinski definition) is 0. The number of ether oxygens (including phenoxy) is 1. The Morgan fingerprint density at radius 3 is 2.15 bits per heavy atom. The summed E-state index contributed by atoms with van der Waals surface area (Å²) >= 11 is 0. The first-order chi connectivity index (χ1) is 9.81. The van der Waals surface area contributed by atoms with Gasteiger partial charge in [0.05, 0.1) is 0 Å². The molecule has 0 fully saturated rings. The first-order valence-electron chi connectivity index (χ1n) is 6.24. The monoisotopic (exact) mass is 265 g/mol. The van der Waals surface area contributed by atoms with Crippen LogP contribution in [0, 0.1) is 0 Å². The van der Waals surface area contributed by atoms with Gasteiger partial charge in [0.1, 0.15) is 6.61 Å². The lowest BCUT2D eigenvalue weighted by Gasteiger charge is -2.12. The molecule has 0 N–H and O–H groups in total. The minimum Gasteiger partial charge on any atom is -0.446 e. The van der Waals surface area contributed by atoms with E-state index in [4.69, 9.17) is 4.74 Å². The Bertz CT molecular complexity index is 672. The Morgan fingerprint density at radius 1 is 1.05 bits per heavy atom. The van der Waals surface area contributed by atoms with Gasteiger partial charge in [-0.2, -0.15) is 0 Å². The van der Waals surface area contributed by atoms with Crippen molar-refractivity contribution in [3.63, 3.8) is 0 Å². The number of nitrogens with zero attached hydrogens (tertiary/aromatic N) is 1. The van der Waals surface area contributed by atoms with Gasteiger partial charge in [-0.15, -0.1) is 0 Å². The minimum atomic E-state index is -0.901. The smallest absolute Gasteiger partial charge is 0.444 e. The van der Waals surface area contributed by atoms with E-state index in [1.807, 2.05) is 36.4 Å². The SMILES string of the molecule is O=C=NC(=O)OCC1c2ccccc2-c2ccccc21. The van der Waals surface area contributed by atoms with Crippen molar-refractivity contribution in [3.8, 4) is 11.1 Å². The Balaban J connectivity index is 1.95.